The van der Waals surface area contributed by atoms with Crippen LogP contribution in [0.2, 0.25) is 0 Å². The number of amides is 1. The van der Waals surface area contributed by atoms with Crippen LogP contribution >= 0.6 is 0 Å². The van der Waals surface area contributed by atoms with Crippen molar-refractivity contribution in [3.05, 3.63) is 29.8 Å². The fourth-order valence-electron chi connectivity index (χ4n) is 1.63. The van der Waals surface area contributed by atoms with Crippen LogP contribution < -0.4 is 10.1 Å². The van der Waals surface area contributed by atoms with E-state index in [2.05, 4.69) is 5.32 Å². The predicted octanol–water partition coefficient (Wildman–Crippen LogP) is 1.99. The number of hydrogen-bond donors (Lipinski definition) is 2. The van der Waals surface area contributed by atoms with E-state index >= 15 is 0 Å². The zero-order chi connectivity index (χ0) is 15.3. The van der Waals surface area contributed by atoms with Gasteiger partial charge in [0.2, 0.25) is 0 Å². The molecule has 1 amide bonds. The largest absolute Gasteiger partial charge is 0.484 e. The average Bonchev–Trinajstić information content (AvgIpc) is 2.33. The van der Waals surface area contributed by atoms with E-state index in [9.17, 15) is 9.59 Å². The molecule has 0 saturated heterocycles. The van der Waals surface area contributed by atoms with Crippen LogP contribution in [0.1, 0.15) is 26.3 Å². The number of carbonyl (C=O) groups is 2. The van der Waals surface area contributed by atoms with Gasteiger partial charge >= 0.3 is 5.97 Å². The van der Waals surface area contributed by atoms with Gasteiger partial charge in [0.1, 0.15) is 11.8 Å². The van der Waals surface area contributed by atoms with Crippen LogP contribution in [0, 0.1) is 12.3 Å². The Kier molecular flexibility index (Phi) is 5.13. The van der Waals surface area contributed by atoms with Crippen molar-refractivity contribution in [2.45, 2.75) is 33.7 Å². The number of ether oxygens (including phenoxy) is 1. The summed E-state index contributed by atoms with van der Waals surface area (Å²) in [5, 5.41) is 11.6. The van der Waals surface area contributed by atoms with Crippen molar-refractivity contribution in [2.75, 3.05) is 6.61 Å². The molecule has 0 aliphatic carbocycles. The Morgan fingerprint density at radius 2 is 1.80 bits per heavy atom. The van der Waals surface area contributed by atoms with Crippen LogP contribution in [0.5, 0.6) is 5.75 Å². The fraction of sp³-hybridized carbons (Fsp3) is 0.467. The molecule has 0 saturated carbocycles. The molecule has 1 atom stereocenters. The summed E-state index contributed by atoms with van der Waals surface area (Å²) in [4.78, 5) is 22.9. The Morgan fingerprint density at radius 3 is 2.25 bits per heavy atom. The molecule has 110 valence electrons. The molecule has 0 aliphatic heterocycles. The van der Waals surface area contributed by atoms with Crippen LogP contribution in [-0.4, -0.2) is 29.6 Å². The molecule has 1 aromatic carbocycles. The zero-order valence-electron chi connectivity index (χ0n) is 12.3. The first-order valence-electron chi connectivity index (χ1n) is 6.42. The highest BCUT2D eigenvalue weighted by molar-refractivity contribution is 5.84. The first-order valence-corrected chi connectivity index (χ1v) is 6.42. The number of carboxylic acids is 1. The van der Waals surface area contributed by atoms with Crippen molar-refractivity contribution in [1.82, 2.24) is 5.32 Å². The van der Waals surface area contributed by atoms with Gasteiger partial charge in [0.05, 0.1) is 0 Å². The lowest BCUT2D eigenvalue weighted by Gasteiger charge is -2.27. The summed E-state index contributed by atoms with van der Waals surface area (Å²) in [5.41, 5.74) is 0.534. The first-order chi connectivity index (χ1) is 9.20. The minimum absolute atomic E-state index is 0.205. The highest BCUT2D eigenvalue weighted by Gasteiger charge is 2.32. The molecule has 0 aliphatic rings. The van der Waals surface area contributed by atoms with Gasteiger partial charge in [-0.25, -0.2) is 4.79 Å². The summed E-state index contributed by atoms with van der Waals surface area (Å²) in [6, 6.07) is 6.34. The van der Waals surface area contributed by atoms with Gasteiger partial charge in [0.15, 0.2) is 6.61 Å². The smallest absolute Gasteiger partial charge is 0.326 e. The van der Waals surface area contributed by atoms with E-state index < -0.39 is 23.3 Å². The monoisotopic (exact) mass is 279 g/mol. The molecule has 0 heterocycles. The average molecular weight is 279 g/mol. The van der Waals surface area contributed by atoms with Gasteiger partial charge in [0, 0.05) is 0 Å². The maximum absolute atomic E-state index is 11.7. The Morgan fingerprint density at radius 1 is 1.25 bits per heavy atom. The lowest BCUT2D eigenvalue weighted by molar-refractivity contribution is -0.145. The second-order valence-corrected chi connectivity index (χ2v) is 5.81. The minimum atomic E-state index is -1.05. The topological polar surface area (TPSA) is 75.6 Å². The number of hydrogen-bond acceptors (Lipinski definition) is 3. The molecule has 1 aromatic rings. The number of benzene rings is 1. The summed E-state index contributed by atoms with van der Waals surface area (Å²) < 4.78 is 5.31. The SMILES string of the molecule is Cc1ccc(OCC(=O)N[C@@H](C(=O)O)C(C)(C)C)cc1. The Labute approximate surface area is 118 Å². The maximum Gasteiger partial charge on any atom is 0.326 e. The number of rotatable bonds is 5. The quantitative estimate of drug-likeness (QED) is 0.864. The van der Waals surface area contributed by atoms with E-state index in [0.29, 0.717) is 5.75 Å². The number of carboxylic acid groups (broad SMARTS) is 1. The summed E-state index contributed by atoms with van der Waals surface area (Å²) >= 11 is 0. The third-order valence-electron chi connectivity index (χ3n) is 2.81. The van der Waals surface area contributed by atoms with Crippen LogP contribution in [0.3, 0.4) is 0 Å². The molecule has 0 bridgehead atoms. The predicted molar refractivity (Wildman–Crippen MR) is 75.7 cm³/mol. The Balaban J connectivity index is 2.54. The third kappa shape index (κ3) is 4.91. The van der Waals surface area contributed by atoms with E-state index in [1.54, 1.807) is 32.9 Å². The highest BCUT2D eigenvalue weighted by Crippen LogP contribution is 2.19. The van der Waals surface area contributed by atoms with E-state index in [1.807, 2.05) is 19.1 Å². The molecule has 20 heavy (non-hydrogen) atoms. The summed E-state index contributed by atoms with van der Waals surface area (Å²) in [7, 11) is 0. The van der Waals surface area contributed by atoms with Crippen LogP contribution in [0.15, 0.2) is 24.3 Å². The molecule has 5 heteroatoms. The van der Waals surface area contributed by atoms with Gasteiger partial charge < -0.3 is 15.2 Å². The summed E-state index contributed by atoms with van der Waals surface area (Å²) in [6.07, 6.45) is 0. The van der Waals surface area contributed by atoms with Crippen molar-refractivity contribution in [1.29, 1.82) is 0 Å². The molecule has 1 rings (SSSR count). The number of aliphatic carboxylic acids is 1. The van der Waals surface area contributed by atoms with Gasteiger partial charge in [-0.15, -0.1) is 0 Å². The lowest BCUT2D eigenvalue weighted by atomic mass is 9.87. The van der Waals surface area contributed by atoms with Crippen molar-refractivity contribution in [3.63, 3.8) is 0 Å². The molecule has 0 fully saturated rings. The molecular formula is C15H21NO4. The van der Waals surface area contributed by atoms with Gasteiger partial charge in [-0.05, 0) is 24.5 Å². The van der Waals surface area contributed by atoms with Gasteiger partial charge in [0.25, 0.3) is 5.91 Å². The molecule has 0 spiro atoms. The van der Waals surface area contributed by atoms with Gasteiger partial charge in [-0.3, -0.25) is 4.79 Å². The van der Waals surface area contributed by atoms with Crippen LogP contribution in [0.4, 0.5) is 0 Å². The summed E-state index contributed by atoms with van der Waals surface area (Å²) in [5.74, 6) is -0.928. The standard InChI is InChI=1S/C15H21NO4/c1-10-5-7-11(8-6-10)20-9-12(17)16-13(14(18)19)15(2,3)4/h5-8,13H,9H2,1-4H3,(H,16,17)(H,18,19)/t13-/m0/s1. The van der Waals surface area contributed by atoms with Crippen molar-refractivity contribution < 1.29 is 19.4 Å². The van der Waals surface area contributed by atoms with Crippen LogP contribution in [-0.2, 0) is 9.59 Å². The molecular weight excluding hydrogens is 258 g/mol. The Bertz CT molecular complexity index is 474. The third-order valence-corrected chi connectivity index (χ3v) is 2.81. The Hall–Kier alpha value is -2.04. The second kappa shape index (κ2) is 6.41. The van der Waals surface area contributed by atoms with E-state index in [1.165, 1.54) is 0 Å². The first kappa shape index (κ1) is 16.0. The fourth-order valence-corrected chi connectivity index (χ4v) is 1.63. The molecule has 0 unspecified atom stereocenters. The van der Waals surface area contributed by atoms with E-state index in [4.69, 9.17) is 9.84 Å². The highest BCUT2D eigenvalue weighted by atomic mass is 16.5. The number of nitrogens with one attached hydrogen (secondary N) is 1. The molecule has 5 nitrogen and oxygen atoms in total. The zero-order valence-corrected chi connectivity index (χ0v) is 12.3. The maximum atomic E-state index is 11.7. The number of carbonyl (C=O) groups excluding carboxylic acids is 1. The van der Waals surface area contributed by atoms with E-state index in [-0.39, 0.29) is 6.61 Å². The number of aryl methyl sites for hydroxylation is 1. The normalized spacial score (nSPS) is 12.6. The molecule has 0 radical (unpaired) electrons. The van der Waals surface area contributed by atoms with Crippen molar-refractivity contribution in [2.24, 2.45) is 5.41 Å². The van der Waals surface area contributed by atoms with Crippen molar-refractivity contribution in [3.8, 4) is 5.75 Å². The molecule has 2 N–H and O–H groups in total. The van der Waals surface area contributed by atoms with Gasteiger partial charge in [-0.2, -0.15) is 0 Å². The van der Waals surface area contributed by atoms with Crippen LogP contribution in [0.25, 0.3) is 0 Å². The second-order valence-electron chi connectivity index (χ2n) is 5.81. The summed E-state index contributed by atoms with van der Waals surface area (Å²) in [6.45, 7) is 7.02. The van der Waals surface area contributed by atoms with E-state index in [0.717, 1.165) is 5.56 Å². The minimum Gasteiger partial charge on any atom is -0.484 e. The molecule has 0 aromatic heterocycles. The van der Waals surface area contributed by atoms with Crippen molar-refractivity contribution >= 4 is 11.9 Å². The lowest BCUT2D eigenvalue weighted by Crippen LogP contribution is -2.50. The van der Waals surface area contributed by atoms with Gasteiger partial charge in [-0.1, -0.05) is 38.5 Å².